The van der Waals surface area contributed by atoms with E-state index in [-0.39, 0.29) is 74.7 Å². The van der Waals surface area contributed by atoms with Gasteiger partial charge in [0.05, 0.1) is 10.5 Å². The normalized spacial score (nSPS) is 12.1. The largest absolute Gasteiger partial charge is 1.00 e. The molecule has 0 N–H and O–H groups in total. The third-order valence-corrected chi connectivity index (χ3v) is 4.07. The fraction of sp³-hybridized carbons (Fsp3) is 0. The van der Waals surface area contributed by atoms with Gasteiger partial charge in [-0.1, -0.05) is 18.2 Å². The van der Waals surface area contributed by atoms with Crippen LogP contribution in [0.4, 0.5) is 0 Å². The second-order valence-electron chi connectivity index (χ2n) is 4.38. The van der Waals surface area contributed by atoms with Crippen LogP contribution >= 0.6 is 0 Å². The van der Waals surface area contributed by atoms with Crippen LogP contribution in [-0.2, 0) is 14.9 Å². The molecule has 0 unspecified atom stereocenters. The molecule has 0 bridgehead atoms. The van der Waals surface area contributed by atoms with Crippen LogP contribution in [0.5, 0.6) is 5.75 Å². The summed E-state index contributed by atoms with van der Waals surface area (Å²) in [5.74, 6) is -0.391. The number of benzene rings is 2. The van der Waals surface area contributed by atoms with Crippen LogP contribution in [-0.4, -0.2) is 25.2 Å². The van der Waals surface area contributed by atoms with E-state index in [9.17, 15) is 22.6 Å². The molecular formula is C14H7KO6S. The molecule has 1 aliphatic rings. The van der Waals surface area contributed by atoms with Crippen molar-refractivity contribution in [3.63, 3.8) is 0 Å². The molecular weight excluding hydrogens is 335 g/mol. The van der Waals surface area contributed by atoms with Crippen LogP contribution in [0.15, 0.2) is 41.3 Å². The summed E-state index contributed by atoms with van der Waals surface area (Å²) in [6.07, 6.45) is 0. The molecule has 0 spiro atoms. The molecule has 0 fully saturated rings. The number of carbonyl (C=O) groups excluding carboxylic acids is 2. The number of ketones is 1. The van der Waals surface area contributed by atoms with Crippen LogP contribution < -0.4 is 56.1 Å². The standard InChI is InChI=1S/C14H8O6S.K/c15-7-20-12-3-1-2-10-9-5-4-8(21(17,18)19)6-11(9)14(16)13(10)12;/h1-7H,(H,17,18,19);/q;+1/p-1. The number of hydrogen-bond donors (Lipinski definition) is 0. The van der Waals surface area contributed by atoms with E-state index < -0.39 is 20.8 Å². The van der Waals surface area contributed by atoms with Crippen LogP contribution in [0.3, 0.4) is 0 Å². The Morgan fingerprint density at radius 2 is 1.77 bits per heavy atom. The van der Waals surface area contributed by atoms with E-state index in [1.54, 1.807) is 12.1 Å². The van der Waals surface area contributed by atoms with Crippen molar-refractivity contribution in [3.05, 3.63) is 47.5 Å². The third kappa shape index (κ3) is 2.83. The van der Waals surface area contributed by atoms with Gasteiger partial charge in [-0.25, -0.2) is 8.42 Å². The maximum Gasteiger partial charge on any atom is 1.00 e. The molecule has 0 amide bonds. The Balaban J connectivity index is 0.00000176. The summed E-state index contributed by atoms with van der Waals surface area (Å²) >= 11 is 0. The molecule has 0 atom stereocenters. The zero-order chi connectivity index (χ0) is 15.2. The molecule has 0 saturated carbocycles. The molecule has 0 aromatic heterocycles. The second kappa shape index (κ2) is 6.32. The Labute approximate surface area is 168 Å². The van der Waals surface area contributed by atoms with E-state index in [0.29, 0.717) is 11.1 Å². The number of hydrogen-bond acceptors (Lipinski definition) is 6. The fourth-order valence-electron chi connectivity index (χ4n) is 2.38. The van der Waals surface area contributed by atoms with E-state index >= 15 is 0 Å². The molecule has 6 nitrogen and oxygen atoms in total. The summed E-state index contributed by atoms with van der Waals surface area (Å²) in [5, 5.41) is 0. The topological polar surface area (TPSA) is 101 Å². The molecule has 0 heterocycles. The molecule has 22 heavy (non-hydrogen) atoms. The fourth-order valence-corrected chi connectivity index (χ4v) is 2.87. The van der Waals surface area contributed by atoms with Crippen LogP contribution in [0.25, 0.3) is 11.1 Å². The van der Waals surface area contributed by atoms with E-state index in [1.807, 2.05) is 0 Å². The van der Waals surface area contributed by atoms with Crippen molar-refractivity contribution < 1.29 is 78.7 Å². The summed E-state index contributed by atoms with van der Waals surface area (Å²) in [4.78, 5) is 22.4. The maximum absolute atomic E-state index is 12.4. The Morgan fingerprint density at radius 1 is 1.05 bits per heavy atom. The van der Waals surface area contributed by atoms with Gasteiger partial charge in [0.25, 0.3) is 6.47 Å². The summed E-state index contributed by atoms with van der Waals surface area (Å²) in [5.41, 5.74) is 1.31. The molecule has 2 aromatic rings. The van der Waals surface area contributed by atoms with Crippen molar-refractivity contribution in [2.75, 3.05) is 0 Å². The predicted octanol–water partition coefficient (Wildman–Crippen LogP) is -1.66. The molecule has 0 aliphatic heterocycles. The Kier molecular flexibility index (Phi) is 5.02. The van der Waals surface area contributed by atoms with Gasteiger partial charge in [-0.05, 0) is 29.3 Å². The quantitative estimate of drug-likeness (QED) is 0.321. The molecule has 0 radical (unpaired) electrons. The third-order valence-electron chi connectivity index (χ3n) is 3.24. The number of rotatable bonds is 3. The average molecular weight is 342 g/mol. The van der Waals surface area contributed by atoms with Gasteiger partial charge in [-0.3, -0.25) is 9.59 Å². The zero-order valence-electron chi connectivity index (χ0n) is 11.4. The summed E-state index contributed by atoms with van der Waals surface area (Å²) in [7, 11) is -4.65. The average Bonchev–Trinajstić information content (AvgIpc) is 2.73. The minimum atomic E-state index is -4.65. The first-order chi connectivity index (χ1) is 9.93. The van der Waals surface area contributed by atoms with E-state index in [0.717, 1.165) is 12.1 Å². The van der Waals surface area contributed by atoms with Crippen LogP contribution in [0.2, 0.25) is 0 Å². The minimum absolute atomic E-state index is 0. The van der Waals surface area contributed by atoms with Crippen molar-refractivity contribution in [3.8, 4) is 16.9 Å². The number of ether oxygens (including phenoxy) is 1. The summed E-state index contributed by atoms with van der Waals surface area (Å²) < 4.78 is 37.9. The second-order valence-corrected chi connectivity index (χ2v) is 5.76. The monoisotopic (exact) mass is 342 g/mol. The van der Waals surface area contributed by atoms with E-state index in [1.165, 1.54) is 12.1 Å². The smallest absolute Gasteiger partial charge is 0.744 e. The predicted molar refractivity (Wildman–Crippen MR) is 70.0 cm³/mol. The number of fused-ring (bicyclic) bond motifs is 3. The van der Waals surface area contributed by atoms with Gasteiger partial charge in [-0.15, -0.1) is 0 Å². The first kappa shape index (κ1) is 17.5. The molecule has 0 saturated heterocycles. The van der Waals surface area contributed by atoms with Crippen molar-refractivity contribution in [1.29, 1.82) is 0 Å². The maximum atomic E-state index is 12.4. The van der Waals surface area contributed by atoms with Gasteiger partial charge >= 0.3 is 51.4 Å². The number of carbonyl (C=O) groups is 2. The molecule has 106 valence electrons. The van der Waals surface area contributed by atoms with Crippen molar-refractivity contribution in [1.82, 2.24) is 0 Å². The van der Waals surface area contributed by atoms with Gasteiger partial charge in [0.1, 0.15) is 15.9 Å². The Hall–Kier alpha value is -0.874. The first-order valence-electron chi connectivity index (χ1n) is 5.82. The molecule has 2 aromatic carbocycles. The van der Waals surface area contributed by atoms with Gasteiger partial charge in [0.15, 0.2) is 5.78 Å². The molecule has 1 aliphatic carbocycles. The summed E-state index contributed by atoms with van der Waals surface area (Å²) in [6, 6.07) is 8.32. The van der Waals surface area contributed by atoms with Crippen LogP contribution in [0.1, 0.15) is 15.9 Å². The van der Waals surface area contributed by atoms with E-state index in [2.05, 4.69) is 0 Å². The van der Waals surface area contributed by atoms with Gasteiger partial charge in [-0.2, -0.15) is 0 Å². The van der Waals surface area contributed by atoms with Gasteiger partial charge < -0.3 is 9.29 Å². The molecule has 8 heteroatoms. The Bertz CT molecular complexity index is 888. The molecule has 3 rings (SSSR count). The first-order valence-corrected chi connectivity index (χ1v) is 7.22. The van der Waals surface area contributed by atoms with Gasteiger partial charge in [0, 0.05) is 5.56 Å². The van der Waals surface area contributed by atoms with E-state index in [4.69, 9.17) is 4.74 Å². The minimum Gasteiger partial charge on any atom is -0.744 e. The summed E-state index contributed by atoms with van der Waals surface area (Å²) in [6.45, 7) is 0.208. The van der Waals surface area contributed by atoms with Crippen molar-refractivity contribution in [2.45, 2.75) is 4.90 Å². The van der Waals surface area contributed by atoms with Crippen LogP contribution in [0, 0.1) is 0 Å². The van der Waals surface area contributed by atoms with Crippen molar-refractivity contribution >= 4 is 22.4 Å². The van der Waals surface area contributed by atoms with Gasteiger partial charge in [0.2, 0.25) is 0 Å². The Morgan fingerprint density at radius 3 is 2.41 bits per heavy atom. The van der Waals surface area contributed by atoms with Crippen molar-refractivity contribution in [2.24, 2.45) is 0 Å². The zero-order valence-corrected chi connectivity index (χ0v) is 15.3. The SMILES string of the molecule is O=COc1cccc2c1C(=O)c1cc(S(=O)(=O)[O-])ccc1-2.[K+].